The van der Waals surface area contributed by atoms with Gasteiger partial charge in [-0.3, -0.25) is 4.79 Å². The number of carbonyl (C=O) groups is 1. The van der Waals surface area contributed by atoms with Gasteiger partial charge in [0.05, 0.1) is 0 Å². The van der Waals surface area contributed by atoms with Crippen LogP contribution in [0.3, 0.4) is 0 Å². The van der Waals surface area contributed by atoms with E-state index >= 15 is 0 Å². The minimum atomic E-state index is 0.0504. The fourth-order valence-corrected chi connectivity index (χ4v) is 1.72. The van der Waals surface area contributed by atoms with E-state index < -0.39 is 0 Å². The summed E-state index contributed by atoms with van der Waals surface area (Å²) in [5.74, 6) is 0.0504. The SMILES string of the molecule is CC(=O)/C=C(\CBr)c1ccc(Cl)cc1. The molecule has 0 saturated heterocycles. The Morgan fingerprint density at radius 3 is 2.43 bits per heavy atom. The van der Waals surface area contributed by atoms with E-state index in [9.17, 15) is 4.79 Å². The smallest absolute Gasteiger partial charge is 0.152 e. The second-order valence-corrected chi connectivity index (χ2v) is 3.92. The lowest BCUT2D eigenvalue weighted by molar-refractivity contribution is -0.112. The maximum atomic E-state index is 10.9. The Hall–Kier alpha value is -0.600. The van der Waals surface area contributed by atoms with Gasteiger partial charge in [-0.1, -0.05) is 39.7 Å². The van der Waals surface area contributed by atoms with Crippen LogP contribution in [0.2, 0.25) is 5.02 Å². The van der Waals surface area contributed by atoms with E-state index in [4.69, 9.17) is 11.6 Å². The van der Waals surface area contributed by atoms with E-state index in [1.165, 1.54) is 0 Å². The minimum absolute atomic E-state index is 0.0504. The van der Waals surface area contributed by atoms with Gasteiger partial charge in [0, 0.05) is 10.4 Å². The molecule has 0 aliphatic rings. The molecule has 0 bridgehead atoms. The number of hydrogen-bond donors (Lipinski definition) is 0. The van der Waals surface area contributed by atoms with Crippen LogP contribution in [-0.2, 0) is 4.79 Å². The zero-order valence-corrected chi connectivity index (χ0v) is 10.1. The van der Waals surface area contributed by atoms with Gasteiger partial charge in [-0.15, -0.1) is 0 Å². The number of rotatable bonds is 3. The van der Waals surface area contributed by atoms with Crippen LogP contribution in [0, 0.1) is 0 Å². The van der Waals surface area contributed by atoms with Crippen molar-refractivity contribution >= 4 is 38.9 Å². The van der Waals surface area contributed by atoms with E-state index in [1.807, 2.05) is 24.3 Å². The van der Waals surface area contributed by atoms with Crippen molar-refractivity contribution in [3.8, 4) is 0 Å². The number of halogens is 2. The Morgan fingerprint density at radius 2 is 2.00 bits per heavy atom. The molecule has 0 atom stereocenters. The maximum absolute atomic E-state index is 10.9. The second-order valence-electron chi connectivity index (χ2n) is 2.92. The zero-order valence-electron chi connectivity index (χ0n) is 7.76. The van der Waals surface area contributed by atoms with Crippen molar-refractivity contribution in [2.45, 2.75) is 6.92 Å². The fraction of sp³-hybridized carbons (Fsp3) is 0.182. The summed E-state index contributed by atoms with van der Waals surface area (Å²) < 4.78 is 0. The van der Waals surface area contributed by atoms with Gasteiger partial charge in [0.25, 0.3) is 0 Å². The maximum Gasteiger partial charge on any atom is 0.152 e. The molecule has 3 heteroatoms. The molecule has 1 aromatic rings. The monoisotopic (exact) mass is 272 g/mol. The van der Waals surface area contributed by atoms with Gasteiger partial charge in [-0.2, -0.15) is 0 Å². The van der Waals surface area contributed by atoms with E-state index in [1.54, 1.807) is 13.0 Å². The van der Waals surface area contributed by atoms with Crippen LogP contribution in [0.15, 0.2) is 30.3 Å². The van der Waals surface area contributed by atoms with Gasteiger partial charge < -0.3 is 0 Å². The molecular weight excluding hydrogens is 263 g/mol. The average Bonchev–Trinajstić information content (AvgIpc) is 2.15. The Balaban J connectivity index is 3.01. The summed E-state index contributed by atoms with van der Waals surface area (Å²) in [6, 6.07) is 7.43. The summed E-state index contributed by atoms with van der Waals surface area (Å²) in [6.45, 7) is 1.54. The number of allylic oxidation sites excluding steroid dienone is 2. The summed E-state index contributed by atoms with van der Waals surface area (Å²) in [6.07, 6.45) is 1.62. The van der Waals surface area contributed by atoms with Gasteiger partial charge in [-0.25, -0.2) is 0 Å². The van der Waals surface area contributed by atoms with Crippen LogP contribution in [0.1, 0.15) is 12.5 Å². The molecule has 1 nitrogen and oxygen atoms in total. The van der Waals surface area contributed by atoms with Crippen molar-refractivity contribution in [1.82, 2.24) is 0 Å². The number of ketones is 1. The highest BCUT2D eigenvalue weighted by molar-refractivity contribution is 9.09. The van der Waals surface area contributed by atoms with Gasteiger partial charge in [0.1, 0.15) is 0 Å². The molecule has 0 saturated carbocycles. The van der Waals surface area contributed by atoms with Crippen LogP contribution < -0.4 is 0 Å². The molecule has 1 rings (SSSR count). The lowest BCUT2D eigenvalue weighted by Crippen LogP contribution is -1.90. The van der Waals surface area contributed by atoms with Crippen molar-refractivity contribution in [3.05, 3.63) is 40.9 Å². The first-order chi connectivity index (χ1) is 6.63. The third kappa shape index (κ3) is 3.28. The Labute approximate surface area is 96.9 Å². The number of hydrogen-bond acceptors (Lipinski definition) is 1. The summed E-state index contributed by atoms with van der Waals surface area (Å²) in [4.78, 5) is 10.9. The van der Waals surface area contributed by atoms with Gasteiger partial charge in [-0.05, 0) is 36.3 Å². The third-order valence-corrected chi connectivity index (χ3v) is 2.59. The van der Waals surface area contributed by atoms with Crippen LogP contribution in [0.4, 0.5) is 0 Å². The molecule has 1 aromatic carbocycles. The summed E-state index contributed by atoms with van der Waals surface area (Å²) >= 11 is 9.11. The molecule has 0 heterocycles. The van der Waals surface area contributed by atoms with Crippen molar-refractivity contribution in [2.24, 2.45) is 0 Å². The largest absolute Gasteiger partial charge is 0.295 e. The molecule has 14 heavy (non-hydrogen) atoms. The lowest BCUT2D eigenvalue weighted by atomic mass is 10.1. The van der Waals surface area contributed by atoms with Crippen molar-refractivity contribution in [1.29, 1.82) is 0 Å². The van der Waals surface area contributed by atoms with E-state index in [2.05, 4.69) is 15.9 Å². The molecular formula is C11H10BrClO. The average molecular weight is 274 g/mol. The molecule has 0 aliphatic carbocycles. The molecule has 0 amide bonds. The first kappa shape index (κ1) is 11.5. The topological polar surface area (TPSA) is 17.1 Å². The number of benzene rings is 1. The fourth-order valence-electron chi connectivity index (χ4n) is 1.11. The van der Waals surface area contributed by atoms with Crippen LogP contribution in [-0.4, -0.2) is 11.1 Å². The normalized spacial score (nSPS) is 11.5. The van der Waals surface area contributed by atoms with Crippen LogP contribution in [0.25, 0.3) is 5.57 Å². The second kappa shape index (κ2) is 5.32. The predicted octanol–water partition coefficient (Wildman–Crippen LogP) is 3.71. The Morgan fingerprint density at radius 1 is 1.43 bits per heavy atom. The number of alkyl halides is 1. The highest BCUT2D eigenvalue weighted by atomic mass is 79.9. The molecule has 0 unspecified atom stereocenters. The van der Waals surface area contributed by atoms with E-state index in [-0.39, 0.29) is 5.78 Å². The summed E-state index contributed by atoms with van der Waals surface area (Å²) in [5, 5.41) is 1.36. The minimum Gasteiger partial charge on any atom is -0.295 e. The Bertz CT molecular complexity index is 354. The van der Waals surface area contributed by atoms with E-state index in [0.29, 0.717) is 10.4 Å². The molecule has 74 valence electrons. The van der Waals surface area contributed by atoms with Crippen molar-refractivity contribution in [3.63, 3.8) is 0 Å². The molecule has 0 radical (unpaired) electrons. The zero-order chi connectivity index (χ0) is 10.6. The first-order valence-corrected chi connectivity index (χ1v) is 5.66. The Kier molecular flexibility index (Phi) is 4.36. The van der Waals surface area contributed by atoms with Crippen molar-refractivity contribution < 1.29 is 4.79 Å². The molecule has 0 aliphatic heterocycles. The van der Waals surface area contributed by atoms with Gasteiger partial charge in [0.15, 0.2) is 5.78 Å². The first-order valence-electron chi connectivity index (χ1n) is 4.16. The molecule has 0 N–H and O–H groups in total. The van der Waals surface area contributed by atoms with Crippen LogP contribution in [0.5, 0.6) is 0 Å². The molecule has 0 fully saturated rings. The summed E-state index contributed by atoms with van der Waals surface area (Å²) in [5.41, 5.74) is 1.98. The van der Waals surface area contributed by atoms with E-state index in [0.717, 1.165) is 11.1 Å². The van der Waals surface area contributed by atoms with Gasteiger partial charge >= 0.3 is 0 Å². The standard InChI is InChI=1S/C11H10BrClO/c1-8(14)6-10(7-12)9-2-4-11(13)5-3-9/h2-6H,7H2,1H3/b10-6+. The summed E-state index contributed by atoms with van der Waals surface area (Å²) in [7, 11) is 0. The molecule has 0 spiro atoms. The predicted molar refractivity (Wildman–Crippen MR) is 63.9 cm³/mol. The number of carbonyl (C=O) groups excluding carboxylic acids is 1. The van der Waals surface area contributed by atoms with Crippen molar-refractivity contribution in [2.75, 3.05) is 5.33 Å². The highest BCUT2D eigenvalue weighted by Crippen LogP contribution is 2.19. The lowest BCUT2D eigenvalue weighted by Gasteiger charge is -2.02. The van der Waals surface area contributed by atoms with Gasteiger partial charge in [0.2, 0.25) is 0 Å². The molecule has 0 aromatic heterocycles. The highest BCUT2D eigenvalue weighted by Gasteiger charge is 2.00. The third-order valence-electron chi connectivity index (χ3n) is 1.74. The quantitative estimate of drug-likeness (QED) is 0.606. The van der Waals surface area contributed by atoms with Crippen LogP contribution >= 0.6 is 27.5 Å².